The van der Waals surface area contributed by atoms with Gasteiger partial charge in [0, 0.05) is 6.04 Å². The Kier molecular flexibility index (Phi) is 4.23. The van der Waals surface area contributed by atoms with Crippen molar-refractivity contribution in [1.29, 1.82) is 0 Å². The second-order valence-electron chi connectivity index (χ2n) is 5.35. The monoisotopic (exact) mass is 273 g/mol. The van der Waals surface area contributed by atoms with Gasteiger partial charge in [0.1, 0.15) is 0 Å². The van der Waals surface area contributed by atoms with E-state index >= 15 is 0 Å². The van der Waals surface area contributed by atoms with Crippen LogP contribution in [0.5, 0.6) is 0 Å². The van der Waals surface area contributed by atoms with E-state index in [1.54, 1.807) is 12.2 Å². The summed E-state index contributed by atoms with van der Waals surface area (Å²) in [5.41, 5.74) is 3.24. The average molecular weight is 273 g/mol. The molecule has 0 aliphatic heterocycles. The van der Waals surface area contributed by atoms with Crippen LogP contribution in [-0.2, 0) is 16.0 Å². The van der Waals surface area contributed by atoms with Crippen LogP contribution < -0.4 is 5.32 Å². The van der Waals surface area contributed by atoms with Crippen LogP contribution in [-0.4, -0.2) is 23.0 Å². The van der Waals surface area contributed by atoms with Crippen molar-refractivity contribution >= 4 is 11.9 Å². The minimum Gasteiger partial charge on any atom is -0.481 e. The van der Waals surface area contributed by atoms with Gasteiger partial charge >= 0.3 is 5.97 Å². The van der Waals surface area contributed by atoms with Crippen LogP contribution in [0.1, 0.15) is 23.1 Å². The fraction of sp³-hybridized carbons (Fsp3) is 0.375. The van der Waals surface area contributed by atoms with Crippen molar-refractivity contribution in [3.63, 3.8) is 0 Å². The summed E-state index contributed by atoms with van der Waals surface area (Å²) in [5.74, 6) is -1.40. The van der Waals surface area contributed by atoms with Crippen molar-refractivity contribution in [1.82, 2.24) is 5.32 Å². The molecule has 2 rings (SSSR count). The number of carboxylic acid groups (broad SMARTS) is 1. The number of carboxylic acids is 1. The summed E-state index contributed by atoms with van der Waals surface area (Å²) in [6.07, 6.45) is 4.18. The first-order valence-electron chi connectivity index (χ1n) is 6.72. The zero-order valence-electron chi connectivity index (χ0n) is 11.7. The standard InChI is InChI=1S/C16H19NO3/c1-10-3-4-11(2)13(7-10)9-15(18)17-14-6-5-12(8-14)16(19)20/h3-7,12,14H,8-9H2,1-2H3,(H,17,18)(H,19,20). The molecule has 0 spiro atoms. The molecule has 2 N–H and O–H groups in total. The van der Waals surface area contributed by atoms with Crippen LogP contribution in [0.15, 0.2) is 30.4 Å². The van der Waals surface area contributed by atoms with Gasteiger partial charge in [-0.05, 0) is 31.4 Å². The molecule has 20 heavy (non-hydrogen) atoms. The molecule has 2 unspecified atom stereocenters. The highest BCUT2D eigenvalue weighted by Crippen LogP contribution is 2.18. The molecule has 4 nitrogen and oxygen atoms in total. The minimum atomic E-state index is -0.840. The lowest BCUT2D eigenvalue weighted by atomic mass is 10.0. The first-order valence-corrected chi connectivity index (χ1v) is 6.72. The van der Waals surface area contributed by atoms with E-state index in [9.17, 15) is 9.59 Å². The molecule has 0 bridgehead atoms. The number of amides is 1. The van der Waals surface area contributed by atoms with Gasteiger partial charge in [-0.25, -0.2) is 0 Å². The van der Waals surface area contributed by atoms with Crippen LogP contribution in [0.4, 0.5) is 0 Å². The van der Waals surface area contributed by atoms with E-state index in [-0.39, 0.29) is 11.9 Å². The summed E-state index contributed by atoms with van der Waals surface area (Å²) >= 11 is 0. The minimum absolute atomic E-state index is 0.0700. The van der Waals surface area contributed by atoms with Gasteiger partial charge in [-0.15, -0.1) is 0 Å². The van der Waals surface area contributed by atoms with E-state index in [4.69, 9.17) is 5.11 Å². The highest BCUT2D eigenvalue weighted by molar-refractivity contribution is 5.80. The number of aryl methyl sites for hydroxylation is 2. The first-order chi connectivity index (χ1) is 9.45. The number of carbonyl (C=O) groups excluding carboxylic acids is 1. The molecular formula is C16H19NO3. The molecular weight excluding hydrogens is 254 g/mol. The Morgan fingerprint density at radius 3 is 2.70 bits per heavy atom. The molecule has 106 valence electrons. The van der Waals surface area contributed by atoms with Gasteiger partial charge in [-0.3, -0.25) is 9.59 Å². The van der Waals surface area contributed by atoms with Gasteiger partial charge in [0.25, 0.3) is 0 Å². The Hall–Kier alpha value is -2.10. The summed E-state index contributed by atoms with van der Waals surface area (Å²) in [6.45, 7) is 3.98. The fourth-order valence-electron chi connectivity index (χ4n) is 2.41. The normalized spacial score (nSPS) is 20.9. The highest BCUT2D eigenvalue weighted by Gasteiger charge is 2.25. The van der Waals surface area contributed by atoms with Crippen LogP contribution in [0.2, 0.25) is 0 Å². The van der Waals surface area contributed by atoms with E-state index in [0.29, 0.717) is 12.8 Å². The topological polar surface area (TPSA) is 66.4 Å². The molecule has 1 aliphatic rings. The number of benzene rings is 1. The Morgan fingerprint density at radius 2 is 2.05 bits per heavy atom. The van der Waals surface area contributed by atoms with Gasteiger partial charge in [-0.2, -0.15) is 0 Å². The Labute approximate surface area is 118 Å². The largest absolute Gasteiger partial charge is 0.481 e. The molecule has 1 amide bonds. The predicted octanol–water partition coefficient (Wildman–Crippen LogP) is 1.99. The van der Waals surface area contributed by atoms with E-state index in [1.807, 2.05) is 32.0 Å². The summed E-state index contributed by atoms with van der Waals surface area (Å²) in [4.78, 5) is 22.9. The van der Waals surface area contributed by atoms with E-state index in [0.717, 1.165) is 16.7 Å². The van der Waals surface area contributed by atoms with Gasteiger partial charge in [0.05, 0.1) is 12.3 Å². The summed E-state index contributed by atoms with van der Waals surface area (Å²) in [7, 11) is 0. The van der Waals surface area contributed by atoms with Gasteiger partial charge in [0.2, 0.25) is 5.91 Å². The third-order valence-electron chi connectivity index (χ3n) is 3.60. The lowest BCUT2D eigenvalue weighted by molar-refractivity contribution is -0.140. The summed E-state index contributed by atoms with van der Waals surface area (Å²) < 4.78 is 0. The maximum absolute atomic E-state index is 12.0. The number of aliphatic carboxylic acids is 1. The average Bonchev–Trinajstić information content (AvgIpc) is 2.82. The maximum Gasteiger partial charge on any atom is 0.310 e. The predicted molar refractivity (Wildman–Crippen MR) is 76.4 cm³/mol. The molecule has 0 saturated heterocycles. The lowest BCUT2D eigenvalue weighted by Gasteiger charge is -2.13. The van der Waals surface area contributed by atoms with Crippen LogP contribution in [0, 0.1) is 19.8 Å². The Balaban J connectivity index is 1.92. The van der Waals surface area contributed by atoms with E-state index in [2.05, 4.69) is 5.32 Å². The number of nitrogens with one attached hydrogen (secondary N) is 1. The quantitative estimate of drug-likeness (QED) is 0.824. The zero-order chi connectivity index (χ0) is 14.7. The number of carbonyl (C=O) groups is 2. The lowest BCUT2D eigenvalue weighted by Crippen LogP contribution is -2.34. The maximum atomic E-state index is 12.0. The van der Waals surface area contributed by atoms with Gasteiger partial charge in [-0.1, -0.05) is 35.9 Å². The molecule has 1 aromatic rings. The van der Waals surface area contributed by atoms with Crippen molar-refractivity contribution in [2.75, 3.05) is 0 Å². The summed E-state index contributed by atoms with van der Waals surface area (Å²) in [5, 5.41) is 11.8. The smallest absolute Gasteiger partial charge is 0.310 e. The number of hydrogen-bond donors (Lipinski definition) is 2. The molecule has 0 fully saturated rings. The Morgan fingerprint density at radius 1 is 1.30 bits per heavy atom. The van der Waals surface area contributed by atoms with Gasteiger partial charge < -0.3 is 10.4 Å². The van der Waals surface area contributed by atoms with Crippen LogP contribution >= 0.6 is 0 Å². The molecule has 0 radical (unpaired) electrons. The summed E-state index contributed by atoms with van der Waals surface area (Å²) in [6, 6.07) is 5.87. The zero-order valence-corrected chi connectivity index (χ0v) is 11.7. The van der Waals surface area contributed by atoms with Crippen molar-refractivity contribution in [3.05, 3.63) is 47.0 Å². The molecule has 1 aromatic carbocycles. The second-order valence-corrected chi connectivity index (χ2v) is 5.35. The van der Waals surface area contributed by atoms with E-state index < -0.39 is 11.9 Å². The number of hydrogen-bond acceptors (Lipinski definition) is 2. The fourth-order valence-corrected chi connectivity index (χ4v) is 2.41. The van der Waals surface area contributed by atoms with E-state index in [1.165, 1.54) is 0 Å². The van der Waals surface area contributed by atoms with Crippen LogP contribution in [0.3, 0.4) is 0 Å². The molecule has 0 aromatic heterocycles. The van der Waals surface area contributed by atoms with Gasteiger partial charge in [0.15, 0.2) is 0 Å². The van der Waals surface area contributed by atoms with Crippen molar-refractivity contribution in [2.24, 2.45) is 5.92 Å². The van der Waals surface area contributed by atoms with Crippen molar-refractivity contribution < 1.29 is 14.7 Å². The highest BCUT2D eigenvalue weighted by atomic mass is 16.4. The third kappa shape index (κ3) is 3.47. The second kappa shape index (κ2) is 5.90. The molecule has 0 saturated carbocycles. The Bertz CT molecular complexity index is 563. The molecule has 1 aliphatic carbocycles. The molecule has 0 heterocycles. The first kappa shape index (κ1) is 14.3. The SMILES string of the molecule is Cc1ccc(C)c(CC(=O)NC2C=CC(C(=O)O)C2)c1. The number of rotatable bonds is 4. The van der Waals surface area contributed by atoms with Crippen LogP contribution in [0.25, 0.3) is 0 Å². The molecule has 4 heteroatoms. The van der Waals surface area contributed by atoms with Crippen molar-refractivity contribution in [3.8, 4) is 0 Å². The van der Waals surface area contributed by atoms with Crippen molar-refractivity contribution in [2.45, 2.75) is 32.7 Å². The third-order valence-corrected chi connectivity index (χ3v) is 3.60. The molecule has 2 atom stereocenters.